The molecule has 0 aromatic heterocycles. The van der Waals surface area contributed by atoms with Gasteiger partial charge >= 0.3 is 0 Å². The lowest BCUT2D eigenvalue weighted by Crippen LogP contribution is -2.35. The Hall–Kier alpha value is -1.43. The van der Waals surface area contributed by atoms with Gasteiger partial charge in [0.2, 0.25) is 0 Å². The largest absolute Gasteiger partial charge is 0.497 e. The minimum absolute atomic E-state index is 0.0816. The van der Waals surface area contributed by atoms with Gasteiger partial charge in [-0.25, -0.2) is 0 Å². The molecular formula is C20H24O3S2. The van der Waals surface area contributed by atoms with Crippen LogP contribution in [0.2, 0.25) is 0 Å². The first-order valence-corrected chi connectivity index (χ1v) is 9.47. The summed E-state index contributed by atoms with van der Waals surface area (Å²) in [5.74, 6) is 0.882. The maximum absolute atomic E-state index is 12.2. The molecule has 1 unspecified atom stereocenters. The van der Waals surface area contributed by atoms with Crippen LogP contribution in [0.1, 0.15) is 29.6 Å². The molecule has 0 bridgehead atoms. The smallest absolute Gasteiger partial charge is 0.147 e. The van der Waals surface area contributed by atoms with Crippen molar-refractivity contribution in [3.8, 4) is 5.75 Å². The van der Waals surface area contributed by atoms with E-state index in [-0.39, 0.29) is 10.4 Å². The van der Waals surface area contributed by atoms with Gasteiger partial charge in [0.15, 0.2) is 0 Å². The summed E-state index contributed by atoms with van der Waals surface area (Å²) >= 11 is 6.18. The van der Waals surface area contributed by atoms with Crippen LogP contribution in [0.15, 0.2) is 54.6 Å². The van der Waals surface area contributed by atoms with Gasteiger partial charge in [-0.15, -0.1) is 11.8 Å². The fraction of sp³-hybridized carbons (Fsp3) is 0.350. The summed E-state index contributed by atoms with van der Waals surface area (Å²) in [5, 5.41) is 0. The van der Waals surface area contributed by atoms with E-state index in [1.165, 1.54) is 11.8 Å². The molecule has 2 rings (SSSR count). The van der Waals surface area contributed by atoms with Gasteiger partial charge < -0.3 is 9.47 Å². The maximum atomic E-state index is 12.2. The molecular weight excluding hydrogens is 352 g/mol. The minimum Gasteiger partial charge on any atom is -0.497 e. The predicted molar refractivity (Wildman–Crippen MR) is 107 cm³/mol. The lowest BCUT2D eigenvalue weighted by atomic mass is 10.1. The van der Waals surface area contributed by atoms with Crippen LogP contribution in [0.4, 0.5) is 0 Å². The predicted octanol–water partition coefficient (Wildman–Crippen LogP) is 4.92. The van der Waals surface area contributed by atoms with Crippen LogP contribution < -0.4 is 4.74 Å². The topological polar surface area (TPSA) is 35.5 Å². The molecule has 2 atom stereocenters. The van der Waals surface area contributed by atoms with Gasteiger partial charge in [0.25, 0.3) is 0 Å². The zero-order valence-corrected chi connectivity index (χ0v) is 16.5. The molecule has 2 aromatic carbocycles. The number of carbonyl (C=O) groups is 1. The molecule has 0 spiro atoms. The molecule has 0 saturated carbocycles. The van der Waals surface area contributed by atoms with Crippen molar-refractivity contribution in [2.75, 3.05) is 13.7 Å². The zero-order valence-electron chi connectivity index (χ0n) is 14.8. The Morgan fingerprint density at radius 3 is 2.36 bits per heavy atom. The average molecular weight is 377 g/mol. The van der Waals surface area contributed by atoms with Crippen LogP contribution >= 0.6 is 24.4 Å². The number of thiol groups is 1. The fourth-order valence-electron chi connectivity index (χ4n) is 2.24. The Labute approximate surface area is 159 Å². The van der Waals surface area contributed by atoms with Crippen LogP contribution in [0, 0.1) is 0 Å². The molecule has 0 aliphatic heterocycles. The summed E-state index contributed by atoms with van der Waals surface area (Å²) in [6, 6.07) is 17.7. The van der Waals surface area contributed by atoms with E-state index >= 15 is 0 Å². The van der Waals surface area contributed by atoms with Crippen molar-refractivity contribution in [1.29, 1.82) is 0 Å². The number of hydrogen-bond donors (Lipinski definition) is 1. The molecule has 3 nitrogen and oxygen atoms in total. The molecule has 0 aliphatic carbocycles. The third kappa shape index (κ3) is 5.80. The number of ketones is 1. The van der Waals surface area contributed by atoms with Gasteiger partial charge in [0.1, 0.15) is 11.5 Å². The maximum Gasteiger partial charge on any atom is 0.147 e. The van der Waals surface area contributed by atoms with E-state index in [1.807, 2.05) is 61.5 Å². The first-order valence-electron chi connectivity index (χ1n) is 8.07. The van der Waals surface area contributed by atoms with Crippen molar-refractivity contribution in [1.82, 2.24) is 0 Å². The molecule has 5 heteroatoms. The standard InChI is InChI=1S/C20H24O3S2/c1-15(21)20(2,14-23-13-16-7-5-4-6-8-16)25-19(24)17-9-11-18(22-3)12-10-17/h4-12,19,24H,13-14H2,1-3H3/t19?,20-/m0/s1. The van der Waals surface area contributed by atoms with Gasteiger partial charge in [0, 0.05) is 0 Å². The number of ether oxygens (including phenoxy) is 2. The van der Waals surface area contributed by atoms with Crippen LogP contribution in [-0.2, 0) is 16.1 Å². The van der Waals surface area contributed by atoms with Crippen LogP contribution in [-0.4, -0.2) is 24.2 Å². The van der Waals surface area contributed by atoms with E-state index in [1.54, 1.807) is 14.0 Å². The molecule has 0 radical (unpaired) electrons. The van der Waals surface area contributed by atoms with E-state index in [0.717, 1.165) is 16.9 Å². The molecule has 2 aromatic rings. The number of methoxy groups -OCH3 is 1. The summed E-state index contributed by atoms with van der Waals surface area (Å²) in [4.78, 5) is 12.2. The van der Waals surface area contributed by atoms with Crippen molar-refractivity contribution in [3.63, 3.8) is 0 Å². The second-order valence-electron chi connectivity index (χ2n) is 6.01. The minimum atomic E-state index is -0.652. The van der Waals surface area contributed by atoms with Gasteiger partial charge in [-0.1, -0.05) is 42.5 Å². The third-order valence-corrected chi connectivity index (χ3v) is 6.04. The highest BCUT2D eigenvalue weighted by atomic mass is 32.2. The normalized spacial score (nSPS) is 14.6. The van der Waals surface area contributed by atoms with E-state index < -0.39 is 4.75 Å². The summed E-state index contributed by atoms with van der Waals surface area (Å²) in [7, 11) is 1.64. The van der Waals surface area contributed by atoms with Crippen molar-refractivity contribution >= 4 is 30.2 Å². The Bertz CT molecular complexity index is 673. The Kier molecular flexibility index (Phi) is 7.41. The average Bonchev–Trinajstić information content (AvgIpc) is 2.62. The number of thioether (sulfide) groups is 1. The molecule has 0 aliphatic rings. The van der Waals surface area contributed by atoms with Crippen molar-refractivity contribution in [2.24, 2.45) is 0 Å². The monoisotopic (exact) mass is 376 g/mol. The first-order chi connectivity index (χ1) is 11.9. The Balaban J connectivity index is 1.98. The van der Waals surface area contributed by atoms with Crippen molar-refractivity contribution in [3.05, 3.63) is 65.7 Å². The zero-order chi connectivity index (χ0) is 18.3. The van der Waals surface area contributed by atoms with Crippen LogP contribution in [0.25, 0.3) is 0 Å². The van der Waals surface area contributed by atoms with Crippen LogP contribution in [0.3, 0.4) is 0 Å². The quantitative estimate of drug-likeness (QED) is 0.498. The molecule has 0 N–H and O–H groups in total. The van der Waals surface area contributed by atoms with E-state index in [2.05, 4.69) is 12.6 Å². The lowest BCUT2D eigenvalue weighted by Gasteiger charge is -2.29. The van der Waals surface area contributed by atoms with Gasteiger partial charge in [-0.05, 0) is 37.1 Å². The molecule has 25 heavy (non-hydrogen) atoms. The van der Waals surface area contributed by atoms with E-state index in [9.17, 15) is 4.79 Å². The molecule has 134 valence electrons. The number of rotatable bonds is 9. The van der Waals surface area contributed by atoms with Crippen molar-refractivity contribution < 1.29 is 14.3 Å². The molecule has 0 heterocycles. The molecule has 0 fully saturated rings. The van der Waals surface area contributed by atoms with Gasteiger partial charge in [-0.2, -0.15) is 12.6 Å². The number of benzene rings is 2. The highest BCUT2D eigenvalue weighted by Crippen LogP contribution is 2.42. The number of hydrogen-bond acceptors (Lipinski definition) is 5. The summed E-state index contributed by atoms with van der Waals surface area (Å²) in [6.07, 6.45) is 0. The van der Waals surface area contributed by atoms with E-state index in [0.29, 0.717) is 13.2 Å². The van der Waals surface area contributed by atoms with Gasteiger partial charge in [0.05, 0.1) is 29.7 Å². The molecule has 0 saturated heterocycles. The fourth-order valence-corrected chi connectivity index (χ4v) is 4.21. The van der Waals surface area contributed by atoms with Crippen molar-refractivity contribution in [2.45, 2.75) is 29.8 Å². The summed E-state index contributed by atoms with van der Waals surface area (Å²) in [5.41, 5.74) is 2.13. The molecule has 0 amide bonds. The Morgan fingerprint density at radius 2 is 1.80 bits per heavy atom. The lowest BCUT2D eigenvalue weighted by molar-refractivity contribution is -0.120. The van der Waals surface area contributed by atoms with E-state index in [4.69, 9.17) is 9.47 Å². The summed E-state index contributed by atoms with van der Waals surface area (Å²) < 4.78 is 10.2. The van der Waals surface area contributed by atoms with Crippen LogP contribution in [0.5, 0.6) is 5.75 Å². The summed E-state index contributed by atoms with van der Waals surface area (Å²) in [6.45, 7) is 4.35. The first kappa shape index (κ1) is 19.9. The SMILES string of the molecule is COc1ccc(C(S)S[C@@](C)(COCc2ccccc2)C(C)=O)cc1. The Morgan fingerprint density at radius 1 is 1.16 bits per heavy atom. The highest BCUT2D eigenvalue weighted by molar-refractivity contribution is 8.11. The number of carbonyl (C=O) groups excluding carboxylic acids is 1. The highest BCUT2D eigenvalue weighted by Gasteiger charge is 2.33. The second kappa shape index (κ2) is 9.32. The number of Topliss-reactive ketones (excluding diaryl/α,β-unsaturated/α-hetero) is 1. The van der Waals surface area contributed by atoms with Gasteiger partial charge in [-0.3, -0.25) is 4.79 Å². The second-order valence-corrected chi connectivity index (χ2v) is 8.48. The third-order valence-electron chi connectivity index (χ3n) is 4.01.